The Hall–Kier alpha value is -1.10. The number of hydrogen-bond donors (Lipinski definition) is 0. The summed E-state index contributed by atoms with van der Waals surface area (Å²) < 4.78 is 0. The van der Waals surface area contributed by atoms with Gasteiger partial charge >= 0.3 is 0 Å². The van der Waals surface area contributed by atoms with Crippen LogP contribution in [0.15, 0.2) is 0 Å². The van der Waals surface area contributed by atoms with Gasteiger partial charge in [0.05, 0.1) is 6.54 Å². The summed E-state index contributed by atoms with van der Waals surface area (Å²) in [5.41, 5.74) is 0. The summed E-state index contributed by atoms with van der Waals surface area (Å²) >= 11 is 0. The largest absolute Gasteiger partial charge is 0.335 e. The molecular formula is C13H23N3O2. The molecule has 0 aliphatic carbocycles. The van der Waals surface area contributed by atoms with Crippen LogP contribution in [0.1, 0.15) is 20.3 Å². The number of likely N-dealkylation sites (N-methyl/N-ethyl adjacent to an activating group) is 1. The van der Waals surface area contributed by atoms with Crippen LogP contribution >= 0.6 is 0 Å². The molecular weight excluding hydrogens is 230 g/mol. The molecule has 0 unspecified atom stereocenters. The smallest absolute Gasteiger partial charge is 0.246 e. The quantitative estimate of drug-likeness (QED) is 0.712. The molecule has 5 nitrogen and oxygen atoms in total. The Morgan fingerprint density at radius 1 is 1.28 bits per heavy atom. The summed E-state index contributed by atoms with van der Waals surface area (Å²) in [6, 6.07) is -0.253. The second-order valence-electron chi connectivity index (χ2n) is 5.78. The van der Waals surface area contributed by atoms with Crippen LogP contribution in [0, 0.1) is 5.92 Å². The van der Waals surface area contributed by atoms with Crippen molar-refractivity contribution in [2.45, 2.75) is 26.3 Å². The molecule has 0 saturated carbocycles. The van der Waals surface area contributed by atoms with E-state index in [4.69, 9.17) is 0 Å². The van der Waals surface area contributed by atoms with Crippen molar-refractivity contribution in [1.29, 1.82) is 0 Å². The lowest BCUT2D eigenvalue weighted by Gasteiger charge is -2.45. The molecule has 0 bridgehead atoms. The van der Waals surface area contributed by atoms with Crippen LogP contribution < -0.4 is 0 Å². The van der Waals surface area contributed by atoms with Gasteiger partial charge in [0.25, 0.3) is 0 Å². The van der Waals surface area contributed by atoms with E-state index in [0.29, 0.717) is 19.0 Å². The number of rotatable bonds is 3. The first kappa shape index (κ1) is 13.3. The molecule has 0 radical (unpaired) electrons. The summed E-state index contributed by atoms with van der Waals surface area (Å²) in [6.07, 6.45) is 1.14. The molecule has 0 aromatic rings. The topological polar surface area (TPSA) is 43.9 Å². The van der Waals surface area contributed by atoms with Crippen molar-refractivity contribution in [3.63, 3.8) is 0 Å². The van der Waals surface area contributed by atoms with E-state index < -0.39 is 0 Å². The third-order valence-corrected chi connectivity index (χ3v) is 3.84. The number of carbonyl (C=O) groups excluding carboxylic acids is 2. The van der Waals surface area contributed by atoms with Crippen LogP contribution in [0.5, 0.6) is 0 Å². The minimum absolute atomic E-state index is 0.0869. The number of amides is 2. The normalized spacial score (nSPS) is 25.9. The molecule has 102 valence electrons. The lowest BCUT2D eigenvalue weighted by molar-refractivity contribution is -0.158. The van der Waals surface area contributed by atoms with Gasteiger partial charge in [0.2, 0.25) is 11.8 Å². The van der Waals surface area contributed by atoms with Crippen LogP contribution in [0.2, 0.25) is 0 Å². The van der Waals surface area contributed by atoms with Gasteiger partial charge in [0.15, 0.2) is 0 Å². The van der Waals surface area contributed by atoms with Crippen LogP contribution in [0.4, 0.5) is 0 Å². The minimum atomic E-state index is -0.253. The lowest BCUT2D eigenvalue weighted by atomic mass is 10.1. The molecule has 2 saturated heterocycles. The molecule has 0 aromatic heterocycles. The SMILES string of the molecule is CC(C)CCN1CCN2C(=O)CN(C)C(=O)[C@H]2C1. The second-order valence-corrected chi connectivity index (χ2v) is 5.78. The van der Waals surface area contributed by atoms with E-state index in [0.717, 1.165) is 19.5 Å². The van der Waals surface area contributed by atoms with E-state index in [1.54, 1.807) is 16.8 Å². The zero-order valence-electron chi connectivity index (χ0n) is 11.6. The van der Waals surface area contributed by atoms with Crippen molar-refractivity contribution in [3.05, 3.63) is 0 Å². The predicted octanol–water partition coefficient (Wildman–Crippen LogP) is 0.0173. The van der Waals surface area contributed by atoms with Gasteiger partial charge < -0.3 is 9.80 Å². The van der Waals surface area contributed by atoms with Crippen LogP contribution in [-0.4, -0.2) is 72.3 Å². The predicted molar refractivity (Wildman–Crippen MR) is 69.0 cm³/mol. The van der Waals surface area contributed by atoms with E-state index in [9.17, 15) is 9.59 Å². The fraction of sp³-hybridized carbons (Fsp3) is 0.846. The van der Waals surface area contributed by atoms with E-state index in [-0.39, 0.29) is 24.4 Å². The van der Waals surface area contributed by atoms with Crippen molar-refractivity contribution in [2.75, 3.05) is 39.8 Å². The van der Waals surface area contributed by atoms with E-state index >= 15 is 0 Å². The van der Waals surface area contributed by atoms with Gasteiger partial charge in [-0.15, -0.1) is 0 Å². The number of carbonyl (C=O) groups is 2. The fourth-order valence-electron chi connectivity index (χ4n) is 2.62. The first-order chi connectivity index (χ1) is 8.49. The zero-order chi connectivity index (χ0) is 13.3. The van der Waals surface area contributed by atoms with Gasteiger partial charge in [-0.25, -0.2) is 0 Å². The number of piperazine rings is 2. The summed E-state index contributed by atoms with van der Waals surface area (Å²) in [6.45, 7) is 7.96. The van der Waals surface area contributed by atoms with Crippen molar-refractivity contribution in [1.82, 2.24) is 14.7 Å². The minimum Gasteiger partial charge on any atom is -0.335 e. The van der Waals surface area contributed by atoms with Gasteiger partial charge in [-0.2, -0.15) is 0 Å². The van der Waals surface area contributed by atoms with Gasteiger partial charge in [-0.05, 0) is 18.9 Å². The average molecular weight is 253 g/mol. The van der Waals surface area contributed by atoms with Crippen molar-refractivity contribution >= 4 is 11.8 Å². The van der Waals surface area contributed by atoms with E-state index in [2.05, 4.69) is 18.7 Å². The fourth-order valence-corrected chi connectivity index (χ4v) is 2.62. The Kier molecular flexibility index (Phi) is 3.90. The molecule has 2 aliphatic rings. The Bertz CT molecular complexity index is 343. The van der Waals surface area contributed by atoms with E-state index in [1.165, 1.54) is 0 Å². The summed E-state index contributed by atoms with van der Waals surface area (Å²) in [5.74, 6) is 0.851. The summed E-state index contributed by atoms with van der Waals surface area (Å²) in [4.78, 5) is 29.6. The Balaban J connectivity index is 1.97. The molecule has 2 amide bonds. The van der Waals surface area contributed by atoms with Crippen LogP contribution in [0.25, 0.3) is 0 Å². The first-order valence-corrected chi connectivity index (χ1v) is 6.76. The highest BCUT2D eigenvalue weighted by Crippen LogP contribution is 2.17. The molecule has 2 rings (SSSR count). The maximum Gasteiger partial charge on any atom is 0.246 e. The Morgan fingerprint density at radius 3 is 2.67 bits per heavy atom. The van der Waals surface area contributed by atoms with Crippen molar-refractivity contribution < 1.29 is 9.59 Å². The number of nitrogens with zero attached hydrogens (tertiary/aromatic N) is 3. The standard InChI is InChI=1S/C13H23N3O2/c1-10(2)4-5-15-6-7-16-11(8-15)13(18)14(3)9-12(16)17/h10-11H,4-9H2,1-3H3/t11-/m1/s1. The maximum atomic E-state index is 12.1. The third-order valence-electron chi connectivity index (χ3n) is 3.84. The maximum absolute atomic E-state index is 12.1. The summed E-state index contributed by atoms with van der Waals surface area (Å²) in [7, 11) is 1.71. The van der Waals surface area contributed by atoms with Crippen molar-refractivity contribution in [2.24, 2.45) is 5.92 Å². The van der Waals surface area contributed by atoms with E-state index in [1.807, 2.05) is 0 Å². The molecule has 5 heteroatoms. The molecule has 0 spiro atoms. The highest BCUT2D eigenvalue weighted by molar-refractivity contribution is 5.95. The Labute approximate surface area is 109 Å². The van der Waals surface area contributed by atoms with Crippen molar-refractivity contribution in [3.8, 4) is 0 Å². The highest BCUT2D eigenvalue weighted by Gasteiger charge is 2.40. The lowest BCUT2D eigenvalue weighted by Crippen LogP contribution is -2.66. The molecule has 2 fully saturated rings. The molecule has 0 N–H and O–H groups in total. The summed E-state index contributed by atoms with van der Waals surface area (Å²) in [5, 5.41) is 0. The Morgan fingerprint density at radius 2 is 2.00 bits per heavy atom. The molecule has 18 heavy (non-hydrogen) atoms. The number of hydrogen-bond acceptors (Lipinski definition) is 3. The highest BCUT2D eigenvalue weighted by atomic mass is 16.2. The zero-order valence-corrected chi connectivity index (χ0v) is 11.6. The average Bonchev–Trinajstić information content (AvgIpc) is 2.33. The molecule has 0 aromatic carbocycles. The van der Waals surface area contributed by atoms with Gasteiger partial charge in [-0.3, -0.25) is 14.5 Å². The second kappa shape index (κ2) is 5.26. The van der Waals surface area contributed by atoms with Gasteiger partial charge in [0, 0.05) is 26.7 Å². The van der Waals surface area contributed by atoms with Gasteiger partial charge in [0.1, 0.15) is 6.04 Å². The first-order valence-electron chi connectivity index (χ1n) is 6.76. The third kappa shape index (κ3) is 2.66. The molecule has 1 atom stereocenters. The molecule has 2 aliphatic heterocycles. The monoisotopic (exact) mass is 253 g/mol. The van der Waals surface area contributed by atoms with Crippen LogP contribution in [0.3, 0.4) is 0 Å². The molecule has 2 heterocycles. The van der Waals surface area contributed by atoms with Gasteiger partial charge in [-0.1, -0.05) is 13.8 Å². The number of fused-ring (bicyclic) bond motifs is 1. The van der Waals surface area contributed by atoms with Crippen LogP contribution in [-0.2, 0) is 9.59 Å².